The van der Waals surface area contributed by atoms with Gasteiger partial charge in [0.05, 0.1) is 26.2 Å². The average Bonchev–Trinajstić information content (AvgIpc) is 2.79. The Morgan fingerprint density at radius 1 is 1.09 bits per heavy atom. The van der Waals surface area contributed by atoms with E-state index in [-0.39, 0.29) is 46.5 Å². The first-order valence-electron chi connectivity index (χ1n) is 10.5. The number of hydrogen-bond donors (Lipinski definition) is 5. The monoisotopic (exact) mass is 462 g/mol. The fourth-order valence-corrected chi connectivity index (χ4v) is 4.05. The summed E-state index contributed by atoms with van der Waals surface area (Å²) in [5.74, 6) is -0.929. The molecule has 0 amide bonds. The van der Waals surface area contributed by atoms with Crippen molar-refractivity contribution < 1.29 is 49.3 Å². The molecule has 2 heterocycles. The molecule has 33 heavy (non-hydrogen) atoms. The van der Waals surface area contributed by atoms with Crippen LogP contribution in [0.2, 0.25) is 0 Å². The van der Waals surface area contributed by atoms with Crippen LogP contribution in [0, 0.1) is 5.92 Å². The molecule has 0 aliphatic carbocycles. The molecule has 10 heteroatoms. The molecule has 1 unspecified atom stereocenters. The molecule has 4 rings (SSSR count). The minimum Gasteiger partial charge on any atom is -0.507 e. The summed E-state index contributed by atoms with van der Waals surface area (Å²) in [4.78, 5) is 12.8. The fourth-order valence-electron chi connectivity index (χ4n) is 4.05. The third-order valence-corrected chi connectivity index (χ3v) is 5.99. The Kier molecular flexibility index (Phi) is 6.35. The molecule has 2 aromatic carbocycles. The first-order valence-corrected chi connectivity index (χ1v) is 10.5. The maximum atomic E-state index is 12.8. The number of carbonyl (C=O) groups excluding carboxylic acids is 1. The standard InChI is InChI=1S/C23H26O10/c1-10-21(28)22(29)19(9-24)33-23(10)31-12-6-14(26)20-15(27)8-16(32-18(20)7-12)11-3-4-13(25)17(5-11)30-2/h3-7,10,16,19,21-26,28-29H,8-9H2,1-2H3/t10-,16?,19-,21-,22-,23-/m1/s1. The second kappa shape index (κ2) is 9.06. The highest BCUT2D eigenvalue weighted by molar-refractivity contribution is 6.02. The summed E-state index contributed by atoms with van der Waals surface area (Å²) in [6.45, 7) is 1.09. The van der Waals surface area contributed by atoms with Crippen molar-refractivity contribution in [2.75, 3.05) is 13.7 Å². The highest BCUT2D eigenvalue weighted by atomic mass is 16.7. The number of aromatic hydroxyl groups is 2. The molecule has 1 fully saturated rings. The number of ether oxygens (including phenoxy) is 4. The zero-order chi connectivity index (χ0) is 23.9. The number of fused-ring (bicyclic) bond motifs is 1. The first-order chi connectivity index (χ1) is 15.7. The second-order valence-corrected chi connectivity index (χ2v) is 8.16. The van der Waals surface area contributed by atoms with Gasteiger partial charge in [-0.25, -0.2) is 0 Å². The zero-order valence-electron chi connectivity index (χ0n) is 18.0. The van der Waals surface area contributed by atoms with E-state index in [0.29, 0.717) is 5.56 Å². The molecule has 2 aliphatic rings. The molecule has 2 aromatic rings. The van der Waals surface area contributed by atoms with E-state index in [1.165, 1.54) is 25.3 Å². The Morgan fingerprint density at radius 2 is 1.85 bits per heavy atom. The van der Waals surface area contributed by atoms with Gasteiger partial charge in [0, 0.05) is 18.1 Å². The minimum atomic E-state index is -1.27. The SMILES string of the molecule is COc1cc(C2CC(=O)c3c(O)cc(O[C@@H]4O[C@H](CO)[C@@H](O)[C@H](O)[C@H]4C)cc3O2)ccc1O. The topological polar surface area (TPSA) is 155 Å². The van der Waals surface area contributed by atoms with E-state index in [0.717, 1.165) is 0 Å². The number of phenolic OH excluding ortho intramolecular Hbond substituents is 2. The van der Waals surface area contributed by atoms with Crippen LogP contribution >= 0.6 is 0 Å². The van der Waals surface area contributed by atoms with Gasteiger partial charge in [-0.05, 0) is 17.7 Å². The van der Waals surface area contributed by atoms with Crippen molar-refractivity contribution in [2.24, 2.45) is 5.92 Å². The smallest absolute Gasteiger partial charge is 0.205 e. The van der Waals surface area contributed by atoms with Crippen LogP contribution in [0.5, 0.6) is 28.7 Å². The molecule has 6 atom stereocenters. The van der Waals surface area contributed by atoms with Crippen LogP contribution in [-0.2, 0) is 4.74 Å². The van der Waals surface area contributed by atoms with Gasteiger partial charge in [-0.3, -0.25) is 4.79 Å². The number of ketones is 1. The van der Waals surface area contributed by atoms with Crippen LogP contribution in [0.4, 0.5) is 0 Å². The molecule has 5 N–H and O–H groups in total. The van der Waals surface area contributed by atoms with Crippen molar-refractivity contribution in [3.05, 3.63) is 41.5 Å². The zero-order valence-corrected chi connectivity index (χ0v) is 18.0. The summed E-state index contributed by atoms with van der Waals surface area (Å²) in [5.41, 5.74) is 0.618. The molecule has 0 bridgehead atoms. The third-order valence-electron chi connectivity index (χ3n) is 5.99. The van der Waals surface area contributed by atoms with E-state index in [1.807, 2.05) is 0 Å². The molecular weight excluding hydrogens is 436 g/mol. The number of aliphatic hydroxyl groups is 3. The third kappa shape index (κ3) is 4.30. The van der Waals surface area contributed by atoms with Gasteiger partial charge in [-0.15, -0.1) is 0 Å². The quantitative estimate of drug-likeness (QED) is 0.439. The van der Waals surface area contributed by atoms with Crippen LogP contribution in [-0.4, -0.2) is 69.6 Å². The number of rotatable bonds is 5. The number of carbonyl (C=O) groups is 1. The highest BCUT2D eigenvalue weighted by Gasteiger charge is 2.43. The van der Waals surface area contributed by atoms with Crippen molar-refractivity contribution in [1.82, 2.24) is 0 Å². The molecule has 178 valence electrons. The van der Waals surface area contributed by atoms with Gasteiger partial charge in [0.1, 0.15) is 41.1 Å². The van der Waals surface area contributed by atoms with E-state index in [4.69, 9.17) is 18.9 Å². The summed E-state index contributed by atoms with van der Waals surface area (Å²) in [6.07, 6.45) is -5.26. The minimum absolute atomic E-state index is 0.0191. The normalized spacial score (nSPS) is 29.2. The predicted molar refractivity (Wildman–Crippen MR) is 113 cm³/mol. The van der Waals surface area contributed by atoms with E-state index in [1.54, 1.807) is 19.1 Å². The van der Waals surface area contributed by atoms with Gasteiger partial charge in [-0.2, -0.15) is 0 Å². The van der Waals surface area contributed by atoms with Crippen LogP contribution in [0.1, 0.15) is 35.4 Å². The second-order valence-electron chi connectivity index (χ2n) is 8.16. The number of methoxy groups -OCH3 is 1. The number of aliphatic hydroxyl groups excluding tert-OH is 3. The van der Waals surface area contributed by atoms with E-state index < -0.39 is 43.2 Å². The summed E-state index contributed by atoms with van der Waals surface area (Å²) in [5, 5.41) is 49.9. The molecular formula is C23H26O10. The molecule has 0 spiro atoms. The highest BCUT2D eigenvalue weighted by Crippen LogP contribution is 2.43. The number of Topliss-reactive ketones (excluding diaryl/α,β-unsaturated/α-hetero) is 1. The van der Waals surface area contributed by atoms with Gasteiger partial charge in [0.2, 0.25) is 6.29 Å². The van der Waals surface area contributed by atoms with E-state index >= 15 is 0 Å². The van der Waals surface area contributed by atoms with Crippen LogP contribution in [0.3, 0.4) is 0 Å². The molecule has 0 aromatic heterocycles. The van der Waals surface area contributed by atoms with Crippen molar-refractivity contribution >= 4 is 5.78 Å². The van der Waals surface area contributed by atoms with Crippen molar-refractivity contribution in [3.63, 3.8) is 0 Å². The summed E-state index contributed by atoms with van der Waals surface area (Å²) >= 11 is 0. The van der Waals surface area contributed by atoms with Crippen LogP contribution in [0.25, 0.3) is 0 Å². The maximum absolute atomic E-state index is 12.8. The average molecular weight is 462 g/mol. The molecule has 0 saturated carbocycles. The molecule has 0 radical (unpaired) electrons. The molecule has 1 saturated heterocycles. The first kappa shape index (κ1) is 23.1. The summed E-state index contributed by atoms with van der Waals surface area (Å²) < 4.78 is 22.4. The van der Waals surface area contributed by atoms with Crippen LogP contribution < -0.4 is 14.2 Å². The molecule has 10 nitrogen and oxygen atoms in total. The lowest BCUT2D eigenvalue weighted by molar-refractivity contribution is -0.256. The molecule has 2 aliphatic heterocycles. The Hall–Kier alpha value is -3.05. The lowest BCUT2D eigenvalue weighted by Crippen LogP contribution is -2.56. The number of hydrogen-bond acceptors (Lipinski definition) is 10. The Bertz CT molecular complexity index is 1040. The van der Waals surface area contributed by atoms with Gasteiger partial charge in [0.15, 0.2) is 17.3 Å². The van der Waals surface area contributed by atoms with Crippen molar-refractivity contribution in [3.8, 4) is 28.7 Å². The largest absolute Gasteiger partial charge is 0.507 e. The van der Waals surface area contributed by atoms with Gasteiger partial charge in [-0.1, -0.05) is 13.0 Å². The number of benzene rings is 2. The lowest BCUT2D eigenvalue weighted by Gasteiger charge is -2.40. The van der Waals surface area contributed by atoms with Crippen LogP contribution in [0.15, 0.2) is 30.3 Å². The predicted octanol–water partition coefficient (Wildman–Crippen LogP) is 1.27. The maximum Gasteiger partial charge on any atom is 0.205 e. The lowest BCUT2D eigenvalue weighted by atomic mass is 9.92. The van der Waals surface area contributed by atoms with Gasteiger partial charge >= 0.3 is 0 Å². The Balaban J connectivity index is 1.60. The Labute approximate surface area is 189 Å². The number of phenols is 2. The van der Waals surface area contributed by atoms with Gasteiger partial charge < -0.3 is 44.5 Å². The summed E-state index contributed by atoms with van der Waals surface area (Å²) in [7, 11) is 1.41. The fraction of sp³-hybridized carbons (Fsp3) is 0.435. The van der Waals surface area contributed by atoms with E-state index in [2.05, 4.69) is 0 Å². The van der Waals surface area contributed by atoms with Gasteiger partial charge in [0.25, 0.3) is 0 Å². The Morgan fingerprint density at radius 3 is 2.55 bits per heavy atom. The summed E-state index contributed by atoms with van der Waals surface area (Å²) in [6, 6.07) is 7.29. The van der Waals surface area contributed by atoms with Crippen molar-refractivity contribution in [1.29, 1.82) is 0 Å². The van der Waals surface area contributed by atoms with Crippen molar-refractivity contribution in [2.45, 2.75) is 44.1 Å². The van der Waals surface area contributed by atoms with E-state index in [9.17, 15) is 30.3 Å².